The van der Waals surface area contributed by atoms with Crippen molar-refractivity contribution in [1.29, 1.82) is 0 Å². The Labute approximate surface area is 176 Å². The van der Waals surface area contributed by atoms with Crippen LogP contribution in [0.15, 0.2) is 25.3 Å². The van der Waals surface area contributed by atoms with E-state index in [2.05, 4.69) is 34.4 Å². The van der Waals surface area contributed by atoms with E-state index >= 15 is 0 Å². The van der Waals surface area contributed by atoms with Gasteiger partial charge in [-0.25, -0.2) is 0 Å². The second kappa shape index (κ2) is 12.3. The maximum Gasteiger partial charge on any atom is 0.166 e. The standard InChI is InChI=1S/C21H36N4S2/c1-3-13-22-20(26)24-18-9-5-16(6-10-18)15-17-7-11-19(12-8-17)25-21(27)23-14-4-2/h3-4,16-19H,1-2,5-15H2,(H2,22,24,26)(H2,23,25,27). The van der Waals surface area contributed by atoms with Crippen molar-refractivity contribution in [3.8, 4) is 0 Å². The summed E-state index contributed by atoms with van der Waals surface area (Å²) in [6.07, 6.45) is 15.3. The molecule has 27 heavy (non-hydrogen) atoms. The molecule has 0 aromatic rings. The van der Waals surface area contributed by atoms with Crippen LogP contribution in [-0.2, 0) is 0 Å². The number of rotatable bonds is 8. The minimum atomic E-state index is 0.537. The number of thiocarbonyl (C=S) groups is 2. The molecule has 0 radical (unpaired) electrons. The van der Waals surface area contributed by atoms with Crippen LogP contribution in [0.1, 0.15) is 57.8 Å². The Kier molecular flexibility index (Phi) is 10.1. The molecule has 2 rings (SSSR count). The number of hydrogen-bond acceptors (Lipinski definition) is 2. The molecule has 0 heterocycles. The Balaban J connectivity index is 1.59. The molecule has 4 N–H and O–H groups in total. The Bertz CT molecular complexity index is 448. The van der Waals surface area contributed by atoms with Crippen molar-refractivity contribution in [2.24, 2.45) is 11.8 Å². The lowest BCUT2D eigenvalue weighted by Crippen LogP contribution is -2.44. The van der Waals surface area contributed by atoms with Crippen LogP contribution in [0.2, 0.25) is 0 Å². The van der Waals surface area contributed by atoms with Crippen LogP contribution in [0.5, 0.6) is 0 Å². The molecule has 0 spiro atoms. The highest BCUT2D eigenvalue weighted by atomic mass is 32.1. The molecule has 0 amide bonds. The molecular weight excluding hydrogens is 372 g/mol. The largest absolute Gasteiger partial charge is 0.360 e. The molecule has 2 aliphatic carbocycles. The number of hydrogen-bond donors (Lipinski definition) is 4. The van der Waals surface area contributed by atoms with E-state index in [4.69, 9.17) is 24.4 Å². The summed E-state index contributed by atoms with van der Waals surface area (Å²) in [6.45, 7) is 8.88. The predicted molar refractivity (Wildman–Crippen MR) is 124 cm³/mol. The van der Waals surface area contributed by atoms with Gasteiger partial charge in [0.05, 0.1) is 0 Å². The minimum Gasteiger partial charge on any atom is -0.360 e. The molecule has 152 valence electrons. The zero-order valence-electron chi connectivity index (χ0n) is 16.5. The number of nitrogens with one attached hydrogen (secondary N) is 4. The fourth-order valence-corrected chi connectivity index (χ4v) is 4.86. The van der Waals surface area contributed by atoms with Crippen molar-refractivity contribution in [1.82, 2.24) is 21.3 Å². The molecule has 0 unspecified atom stereocenters. The van der Waals surface area contributed by atoms with E-state index in [0.717, 1.165) is 35.2 Å². The second-order valence-electron chi connectivity index (χ2n) is 7.96. The van der Waals surface area contributed by atoms with Gasteiger partial charge in [-0.1, -0.05) is 12.2 Å². The zero-order chi connectivity index (χ0) is 19.5. The molecule has 2 saturated carbocycles. The Morgan fingerprint density at radius 2 is 1.07 bits per heavy atom. The molecule has 0 aromatic heterocycles. The lowest BCUT2D eigenvalue weighted by Gasteiger charge is -2.35. The van der Waals surface area contributed by atoms with Crippen molar-refractivity contribution in [3.63, 3.8) is 0 Å². The van der Waals surface area contributed by atoms with Crippen molar-refractivity contribution >= 4 is 34.7 Å². The third kappa shape index (κ3) is 8.60. The first-order chi connectivity index (χ1) is 13.1. The van der Waals surface area contributed by atoms with Crippen LogP contribution in [0.4, 0.5) is 0 Å². The van der Waals surface area contributed by atoms with E-state index < -0.39 is 0 Å². The molecule has 0 atom stereocenters. The molecular formula is C21H36N4S2. The van der Waals surface area contributed by atoms with Crippen LogP contribution in [0, 0.1) is 11.8 Å². The zero-order valence-corrected chi connectivity index (χ0v) is 18.1. The summed E-state index contributed by atoms with van der Waals surface area (Å²) in [7, 11) is 0. The Morgan fingerprint density at radius 3 is 1.41 bits per heavy atom. The van der Waals surface area contributed by atoms with E-state index in [-0.39, 0.29) is 0 Å². The average molecular weight is 409 g/mol. The maximum absolute atomic E-state index is 5.33. The van der Waals surface area contributed by atoms with Gasteiger partial charge in [-0.15, -0.1) is 13.2 Å². The lowest BCUT2D eigenvalue weighted by molar-refractivity contribution is 0.217. The van der Waals surface area contributed by atoms with Crippen LogP contribution in [0.3, 0.4) is 0 Å². The van der Waals surface area contributed by atoms with Gasteiger partial charge in [0.25, 0.3) is 0 Å². The molecule has 2 fully saturated rings. The van der Waals surface area contributed by atoms with Gasteiger partial charge in [0, 0.05) is 25.2 Å². The smallest absolute Gasteiger partial charge is 0.166 e. The molecule has 0 aromatic carbocycles. The fraction of sp³-hybridized carbons (Fsp3) is 0.714. The quantitative estimate of drug-likeness (QED) is 0.362. The molecule has 0 bridgehead atoms. The highest BCUT2D eigenvalue weighted by Crippen LogP contribution is 2.35. The maximum atomic E-state index is 5.33. The van der Waals surface area contributed by atoms with Crippen LogP contribution in [-0.4, -0.2) is 35.4 Å². The normalized spacial score (nSPS) is 27.9. The minimum absolute atomic E-state index is 0.537. The summed E-state index contributed by atoms with van der Waals surface area (Å²) >= 11 is 10.7. The van der Waals surface area contributed by atoms with Gasteiger partial charge >= 0.3 is 0 Å². The third-order valence-electron chi connectivity index (χ3n) is 5.84. The van der Waals surface area contributed by atoms with Gasteiger partial charge in [0.1, 0.15) is 0 Å². The van der Waals surface area contributed by atoms with Crippen molar-refractivity contribution in [3.05, 3.63) is 25.3 Å². The first-order valence-corrected chi connectivity index (χ1v) is 11.2. The van der Waals surface area contributed by atoms with Gasteiger partial charge in [-0.05, 0) is 94.1 Å². The van der Waals surface area contributed by atoms with E-state index in [1.165, 1.54) is 57.8 Å². The van der Waals surface area contributed by atoms with Gasteiger partial charge < -0.3 is 21.3 Å². The second-order valence-corrected chi connectivity index (χ2v) is 8.77. The molecule has 4 nitrogen and oxygen atoms in total. The average Bonchev–Trinajstić information content (AvgIpc) is 2.68. The van der Waals surface area contributed by atoms with Gasteiger partial charge in [0.2, 0.25) is 0 Å². The molecule has 0 aliphatic heterocycles. The molecule has 0 saturated heterocycles. The Morgan fingerprint density at radius 1 is 0.704 bits per heavy atom. The van der Waals surface area contributed by atoms with Crippen LogP contribution < -0.4 is 21.3 Å². The molecule has 6 heteroatoms. The van der Waals surface area contributed by atoms with E-state index in [0.29, 0.717) is 12.1 Å². The lowest BCUT2D eigenvalue weighted by atomic mass is 9.76. The van der Waals surface area contributed by atoms with Crippen LogP contribution in [0.25, 0.3) is 0 Å². The van der Waals surface area contributed by atoms with Gasteiger partial charge in [-0.3, -0.25) is 0 Å². The van der Waals surface area contributed by atoms with Crippen molar-refractivity contribution < 1.29 is 0 Å². The van der Waals surface area contributed by atoms with Gasteiger partial charge in [-0.2, -0.15) is 0 Å². The fourth-order valence-electron chi connectivity index (χ4n) is 4.36. The summed E-state index contributed by atoms with van der Waals surface area (Å²) in [5.74, 6) is 1.78. The van der Waals surface area contributed by atoms with E-state index in [1.54, 1.807) is 0 Å². The predicted octanol–water partition coefficient (Wildman–Crippen LogP) is 3.79. The summed E-state index contributed by atoms with van der Waals surface area (Å²) < 4.78 is 0. The van der Waals surface area contributed by atoms with E-state index in [1.807, 2.05) is 12.2 Å². The van der Waals surface area contributed by atoms with Crippen molar-refractivity contribution in [2.75, 3.05) is 13.1 Å². The van der Waals surface area contributed by atoms with Crippen molar-refractivity contribution in [2.45, 2.75) is 69.9 Å². The SMILES string of the molecule is C=CCNC(=S)NC1CCC(CC2CCC(NC(=S)NCC=C)CC2)CC1. The topological polar surface area (TPSA) is 48.1 Å². The Hall–Kier alpha value is -1.14. The summed E-state index contributed by atoms with van der Waals surface area (Å²) in [5, 5.41) is 14.8. The monoisotopic (exact) mass is 408 g/mol. The highest BCUT2D eigenvalue weighted by Gasteiger charge is 2.27. The summed E-state index contributed by atoms with van der Waals surface area (Å²) in [5.41, 5.74) is 0. The summed E-state index contributed by atoms with van der Waals surface area (Å²) in [4.78, 5) is 0. The van der Waals surface area contributed by atoms with E-state index in [9.17, 15) is 0 Å². The van der Waals surface area contributed by atoms with Crippen LogP contribution >= 0.6 is 24.4 Å². The highest BCUT2D eigenvalue weighted by molar-refractivity contribution is 7.80. The first kappa shape index (κ1) is 22.2. The third-order valence-corrected chi connectivity index (χ3v) is 6.37. The van der Waals surface area contributed by atoms with Gasteiger partial charge in [0.15, 0.2) is 10.2 Å². The summed E-state index contributed by atoms with van der Waals surface area (Å²) in [6, 6.07) is 1.07. The first-order valence-electron chi connectivity index (χ1n) is 10.4. The molecule has 2 aliphatic rings.